The van der Waals surface area contributed by atoms with E-state index in [1.165, 1.54) is 24.3 Å². The molecular formula is C26H22F3NO7. The van der Waals surface area contributed by atoms with E-state index in [9.17, 15) is 48.0 Å². The van der Waals surface area contributed by atoms with Gasteiger partial charge in [-0.25, -0.2) is 0 Å². The number of hydrogen-bond donors (Lipinski definition) is 5. The Labute approximate surface area is 207 Å². The van der Waals surface area contributed by atoms with E-state index in [0.29, 0.717) is 16.7 Å². The Morgan fingerprint density at radius 1 is 1.03 bits per heavy atom. The molecule has 0 aromatic heterocycles. The smallest absolute Gasteiger partial charge is 0.416 e. The summed E-state index contributed by atoms with van der Waals surface area (Å²) >= 11 is 0. The number of nitrogens with two attached hydrogens (primary N) is 1. The highest BCUT2D eigenvalue weighted by Crippen LogP contribution is 2.52. The van der Waals surface area contributed by atoms with Gasteiger partial charge in [-0.2, -0.15) is 13.2 Å². The summed E-state index contributed by atoms with van der Waals surface area (Å²) in [6, 6.07) is 6.99. The van der Waals surface area contributed by atoms with Crippen molar-refractivity contribution in [2.45, 2.75) is 37.1 Å². The third-order valence-electron chi connectivity index (χ3n) is 7.80. The van der Waals surface area contributed by atoms with Crippen molar-refractivity contribution in [1.82, 2.24) is 0 Å². The minimum absolute atomic E-state index is 0.0164. The van der Waals surface area contributed by atoms with Crippen molar-refractivity contribution in [2.24, 2.45) is 23.5 Å². The number of benzene rings is 2. The summed E-state index contributed by atoms with van der Waals surface area (Å²) in [7, 11) is 0. The Morgan fingerprint density at radius 2 is 1.68 bits per heavy atom. The zero-order valence-electron chi connectivity index (χ0n) is 19.1. The highest BCUT2D eigenvalue weighted by molar-refractivity contribution is 6.16. The number of hydrogen-bond acceptors (Lipinski definition) is 7. The molecule has 0 saturated heterocycles. The number of aliphatic hydroxyl groups is 3. The number of Topliss-reactive ketones (excluding diaryl/α,β-unsaturated/α-hetero) is 2. The van der Waals surface area contributed by atoms with Crippen LogP contribution in [0.1, 0.15) is 34.3 Å². The molecule has 37 heavy (non-hydrogen) atoms. The number of phenolic OH excluding ortho intramolecular Hbond substituents is 1. The normalized spacial score (nSPS) is 29.4. The largest absolute Gasteiger partial charge is 0.508 e. The molecule has 6 N–H and O–H groups in total. The maximum Gasteiger partial charge on any atom is 0.416 e. The Balaban J connectivity index is 1.63. The maximum atomic E-state index is 13.6. The zero-order chi connectivity index (χ0) is 27.0. The first-order chi connectivity index (χ1) is 17.3. The van der Waals surface area contributed by atoms with Gasteiger partial charge in [0.1, 0.15) is 17.4 Å². The van der Waals surface area contributed by atoms with Crippen molar-refractivity contribution in [1.29, 1.82) is 0 Å². The number of aromatic hydroxyl groups is 1. The Hall–Kier alpha value is -3.70. The van der Waals surface area contributed by atoms with Gasteiger partial charge in [0.05, 0.1) is 17.2 Å². The number of aliphatic hydroxyl groups excluding tert-OH is 2. The van der Waals surface area contributed by atoms with Crippen LogP contribution in [0.3, 0.4) is 0 Å². The SMILES string of the molecule is NC(=O)C1C(=O)[C@@]2(O)C(O)=C3C(=O)c4c(O)ccc(-c5ccc(C(F)(F)F)cc5)c4C[C@H]3C[C@H]2CC1O. The first-order valence-corrected chi connectivity index (χ1v) is 11.5. The van der Waals surface area contributed by atoms with Gasteiger partial charge < -0.3 is 26.2 Å². The van der Waals surface area contributed by atoms with E-state index in [1.807, 2.05) is 0 Å². The fraction of sp³-hybridized carbons (Fsp3) is 0.346. The van der Waals surface area contributed by atoms with Gasteiger partial charge in [0.25, 0.3) is 0 Å². The monoisotopic (exact) mass is 517 g/mol. The molecule has 3 aliphatic rings. The number of carbonyl (C=O) groups excluding carboxylic acids is 3. The standard InChI is InChI=1S/C26H22F3NO7/c27-26(28,29)12-3-1-10(2-4-12)14-5-6-16(31)19-15(14)8-11-7-13-9-17(32)20(24(30)36)23(35)25(13,37)22(34)18(11)21(19)33/h1-6,11,13,17,20,31-32,34,37H,7-9H2,(H2,30,36)/t11-,13+,17?,20?,25+/m1/s1. The molecule has 3 aliphatic carbocycles. The summed E-state index contributed by atoms with van der Waals surface area (Å²) in [6.45, 7) is 0. The zero-order valence-corrected chi connectivity index (χ0v) is 19.1. The van der Waals surface area contributed by atoms with E-state index in [-0.39, 0.29) is 30.4 Å². The quantitative estimate of drug-likeness (QED) is 0.383. The molecule has 1 amide bonds. The minimum Gasteiger partial charge on any atom is -0.508 e. The van der Waals surface area contributed by atoms with Gasteiger partial charge in [-0.05, 0) is 60.1 Å². The second kappa shape index (κ2) is 8.15. The van der Waals surface area contributed by atoms with Gasteiger partial charge in [-0.15, -0.1) is 0 Å². The van der Waals surface area contributed by atoms with Crippen molar-refractivity contribution in [3.05, 3.63) is 64.4 Å². The van der Waals surface area contributed by atoms with Crippen LogP contribution in [0.15, 0.2) is 47.7 Å². The maximum absolute atomic E-state index is 13.6. The number of halogens is 3. The molecule has 1 saturated carbocycles. The summed E-state index contributed by atoms with van der Waals surface area (Å²) < 4.78 is 39.1. The highest BCUT2D eigenvalue weighted by atomic mass is 19.4. The van der Waals surface area contributed by atoms with Gasteiger partial charge in [-0.3, -0.25) is 14.4 Å². The van der Waals surface area contributed by atoms with Crippen molar-refractivity contribution in [3.63, 3.8) is 0 Å². The van der Waals surface area contributed by atoms with E-state index >= 15 is 0 Å². The summed E-state index contributed by atoms with van der Waals surface area (Å²) in [4.78, 5) is 38.4. The molecule has 2 aromatic carbocycles. The van der Waals surface area contributed by atoms with E-state index in [1.54, 1.807) is 0 Å². The molecule has 5 atom stereocenters. The van der Waals surface area contributed by atoms with Gasteiger partial charge >= 0.3 is 6.18 Å². The fourth-order valence-electron chi connectivity index (χ4n) is 6.04. The van der Waals surface area contributed by atoms with E-state index in [4.69, 9.17) is 5.73 Å². The van der Waals surface area contributed by atoms with Crippen molar-refractivity contribution < 1.29 is 48.0 Å². The molecule has 0 bridgehead atoms. The van der Waals surface area contributed by atoms with Crippen molar-refractivity contribution >= 4 is 17.5 Å². The van der Waals surface area contributed by atoms with Crippen LogP contribution in [-0.4, -0.2) is 49.6 Å². The molecule has 5 rings (SSSR count). The lowest BCUT2D eigenvalue weighted by Gasteiger charge is -2.48. The molecule has 0 spiro atoms. The Morgan fingerprint density at radius 3 is 2.27 bits per heavy atom. The molecular weight excluding hydrogens is 495 g/mol. The van der Waals surface area contributed by atoms with Crippen LogP contribution in [0, 0.1) is 17.8 Å². The van der Waals surface area contributed by atoms with Crippen LogP contribution in [0.25, 0.3) is 11.1 Å². The fourth-order valence-corrected chi connectivity index (χ4v) is 6.04. The lowest BCUT2D eigenvalue weighted by Crippen LogP contribution is -2.63. The highest BCUT2D eigenvalue weighted by Gasteiger charge is 2.62. The Bertz CT molecular complexity index is 1380. The van der Waals surface area contributed by atoms with Gasteiger partial charge in [0.15, 0.2) is 17.2 Å². The number of carbonyl (C=O) groups is 3. The van der Waals surface area contributed by atoms with Crippen LogP contribution in [0.4, 0.5) is 13.2 Å². The van der Waals surface area contributed by atoms with Crippen LogP contribution in [-0.2, 0) is 22.2 Å². The lowest BCUT2D eigenvalue weighted by molar-refractivity contribution is -0.167. The molecule has 11 heteroatoms. The summed E-state index contributed by atoms with van der Waals surface area (Å²) in [5, 5.41) is 43.2. The number of primary amides is 1. The first-order valence-electron chi connectivity index (χ1n) is 11.5. The van der Waals surface area contributed by atoms with Crippen molar-refractivity contribution in [3.8, 4) is 16.9 Å². The molecule has 2 unspecified atom stereocenters. The summed E-state index contributed by atoms with van der Waals surface area (Å²) in [5.74, 6) is -8.14. The number of allylic oxidation sites excluding steroid dienone is 1. The summed E-state index contributed by atoms with van der Waals surface area (Å²) in [6.07, 6.45) is -6.22. The molecule has 2 aromatic rings. The average molecular weight is 517 g/mol. The second-order valence-electron chi connectivity index (χ2n) is 9.80. The molecule has 0 aliphatic heterocycles. The molecule has 1 fully saturated rings. The summed E-state index contributed by atoms with van der Waals surface area (Å²) in [5.41, 5.74) is 2.39. The number of ketones is 2. The predicted octanol–water partition coefficient (Wildman–Crippen LogP) is 2.43. The third-order valence-corrected chi connectivity index (χ3v) is 7.80. The number of fused-ring (bicyclic) bond motifs is 3. The second-order valence-corrected chi connectivity index (χ2v) is 9.80. The Kier molecular flexibility index (Phi) is 5.50. The number of rotatable bonds is 2. The molecule has 0 heterocycles. The van der Waals surface area contributed by atoms with Crippen LogP contribution in [0.5, 0.6) is 5.75 Å². The van der Waals surface area contributed by atoms with Gasteiger partial charge in [0, 0.05) is 11.5 Å². The van der Waals surface area contributed by atoms with Gasteiger partial charge in [-0.1, -0.05) is 18.2 Å². The van der Waals surface area contributed by atoms with E-state index in [0.717, 1.165) is 12.1 Å². The van der Waals surface area contributed by atoms with Crippen LogP contribution in [0.2, 0.25) is 0 Å². The first kappa shape index (κ1) is 25.0. The minimum atomic E-state index is -4.53. The third kappa shape index (κ3) is 3.56. The number of phenols is 1. The van der Waals surface area contributed by atoms with E-state index in [2.05, 4.69) is 0 Å². The van der Waals surface area contributed by atoms with Gasteiger partial charge in [0.2, 0.25) is 5.91 Å². The topological polar surface area (TPSA) is 158 Å². The van der Waals surface area contributed by atoms with E-state index < -0.39 is 70.2 Å². The predicted molar refractivity (Wildman–Crippen MR) is 121 cm³/mol. The average Bonchev–Trinajstić information content (AvgIpc) is 2.81. The molecule has 0 radical (unpaired) electrons. The van der Waals surface area contributed by atoms with Crippen LogP contribution < -0.4 is 5.73 Å². The van der Waals surface area contributed by atoms with Crippen molar-refractivity contribution in [2.75, 3.05) is 0 Å². The lowest BCUT2D eigenvalue weighted by atomic mass is 9.57. The van der Waals surface area contributed by atoms with Crippen LogP contribution >= 0.6 is 0 Å². The number of amides is 1. The number of alkyl halides is 3. The molecule has 194 valence electrons. The molecule has 8 nitrogen and oxygen atoms in total.